The fourth-order valence-electron chi connectivity index (χ4n) is 2.74. The molecule has 0 saturated heterocycles. The van der Waals surface area contributed by atoms with E-state index in [1.807, 2.05) is 61.5 Å². The molecule has 0 aliphatic carbocycles. The summed E-state index contributed by atoms with van der Waals surface area (Å²) < 4.78 is 0. The van der Waals surface area contributed by atoms with E-state index in [0.29, 0.717) is 11.6 Å². The molecule has 1 aliphatic rings. The summed E-state index contributed by atoms with van der Waals surface area (Å²) in [5.41, 5.74) is 3.02. The Hall–Kier alpha value is -2.17. The third-order valence-corrected chi connectivity index (χ3v) is 4.47. The number of rotatable bonds is 5. The van der Waals surface area contributed by atoms with E-state index in [0.717, 1.165) is 23.3 Å². The van der Waals surface area contributed by atoms with Crippen LogP contribution in [0.2, 0.25) is 5.02 Å². The number of halogens is 1. The Morgan fingerprint density at radius 1 is 1.21 bits per heavy atom. The van der Waals surface area contributed by atoms with Crippen LogP contribution in [0.1, 0.15) is 30.5 Å². The highest BCUT2D eigenvalue weighted by atomic mass is 35.5. The van der Waals surface area contributed by atoms with Crippen molar-refractivity contribution in [3.8, 4) is 0 Å². The summed E-state index contributed by atoms with van der Waals surface area (Å²) >= 11 is 6.19. The first-order valence-electron chi connectivity index (χ1n) is 8.06. The minimum absolute atomic E-state index is 0.00262. The van der Waals surface area contributed by atoms with Gasteiger partial charge in [0.25, 0.3) is 5.91 Å². The number of carbonyl (C=O) groups is 1. The number of carbonyl (C=O) groups excluding carboxylic acids is 1. The molecule has 0 fully saturated rings. The van der Waals surface area contributed by atoms with Gasteiger partial charge in [0, 0.05) is 17.5 Å². The Labute approximate surface area is 147 Å². The maximum absolute atomic E-state index is 12.4. The van der Waals surface area contributed by atoms with Crippen LogP contribution in [0.5, 0.6) is 0 Å². The van der Waals surface area contributed by atoms with Crippen LogP contribution in [-0.4, -0.2) is 29.7 Å². The predicted molar refractivity (Wildman–Crippen MR) is 97.2 cm³/mol. The van der Waals surface area contributed by atoms with Crippen molar-refractivity contribution in [2.45, 2.75) is 19.4 Å². The number of hydrogen-bond donors (Lipinski definition) is 1. The molecule has 0 spiro atoms. The molecule has 4 nitrogen and oxygen atoms in total. The van der Waals surface area contributed by atoms with Crippen LogP contribution in [0.25, 0.3) is 0 Å². The van der Waals surface area contributed by atoms with Crippen LogP contribution < -0.4 is 5.32 Å². The molecule has 1 atom stereocenters. The number of nitrogens with one attached hydrogen (secondary N) is 1. The van der Waals surface area contributed by atoms with E-state index < -0.39 is 0 Å². The Morgan fingerprint density at radius 3 is 2.67 bits per heavy atom. The van der Waals surface area contributed by atoms with Crippen LogP contribution >= 0.6 is 11.6 Å². The first-order valence-corrected chi connectivity index (χ1v) is 8.44. The lowest BCUT2D eigenvalue weighted by molar-refractivity contribution is -0.129. The summed E-state index contributed by atoms with van der Waals surface area (Å²) in [4.78, 5) is 12.4. The smallest absolute Gasteiger partial charge is 0.256 e. The van der Waals surface area contributed by atoms with Crippen molar-refractivity contribution >= 4 is 23.2 Å². The van der Waals surface area contributed by atoms with Gasteiger partial charge in [0.1, 0.15) is 0 Å². The van der Waals surface area contributed by atoms with Crippen LogP contribution in [0.15, 0.2) is 59.7 Å². The average Bonchev–Trinajstić information content (AvgIpc) is 3.11. The lowest BCUT2D eigenvalue weighted by atomic mass is 10.1. The summed E-state index contributed by atoms with van der Waals surface area (Å²) in [5.74, 6) is -0.0279. The van der Waals surface area contributed by atoms with E-state index in [2.05, 4.69) is 10.4 Å². The van der Waals surface area contributed by atoms with E-state index >= 15 is 0 Å². The second-order valence-corrected chi connectivity index (χ2v) is 6.21. The summed E-state index contributed by atoms with van der Waals surface area (Å²) in [6, 6.07) is 17.6. The average molecular weight is 342 g/mol. The number of hydrazone groups is 1. The topological polar surface area (TPSA) is 44.7 Å². The Morgan fingerprint density at radius 2 is 1.92 bits per heavy atom. The Kier molecular flexibility index (Phi) is 5.28. The first kappa shape index (κ1) is 16.7. The number of benzene rings is 2. The zero-order chi connectivity index (χ0) is 16.9. The zero-order valence-electron chi connectivity index (χ0n) is 13.6. The predicted octanol–water partition coefficient (Wildman–Crippen LogP) is 3.63. The molecule has 1 aliphatic heterocycles. The third kappa shape index (κ3) is 3.83. The summed E-state index contributed by atoms with van der Waals surface area (Å²) in [6.45, 7) is 2.86. The summed E-state index contributed by atoms with van der Waals surface area (Å²) in [5, 5.41) is 9.94. The minimum Gasteiger partial charge on any atom is -0.302 e. The van der Waals surface area contributed by atoms with Crippen molar-refractivity contribution in [2.75, 3.05) is 13.1 Å². The molecule has 124 valence electrons. The lowest BCUT2D eigenvalue weighted by Gasteiger charge is -2.17. The number of nitrogens with zero attached hydrogens (tertiary/aromatic N) is 2. The molecule has 0 saturated carbocycles. The molecule has 0 unspecified atom stereocenters. The van der Waals surface area contributed by atoms with Crippen molar-refractivity contribution in [1.29, 1.82) is 0 Å². The van der Waals surface area contributed by atoms with Gasteiger partial charge in [-0.15, -0.1) is 0 Å². The fraction of sp³-hybridized carbons (Fsp3) is 0.263. The molecule has 24 heavy (non-hydrogen) atoms. The van der Waals surface area contributed by atoms with Crippen molar-refractivity contribution in [1.82, 2.24) is 10.3 Å². The highest BCUT2D eigenvalue weighted by Gasteiger charge is 2.21. The van der Waals surface area contributed by atoms with Gasteiger partial charge in [-0.3, -0.25) is 4.79 Å². The molecule has 0 bridgehead atoms. The van der Waals surface area contributed by atoms with E-state index in [1.165, 1.54) is 0 Å². The molecule has 1 heterocycles. The first-order chi connectivity index (χ1) is 11.6. The van der Waals surface area contributed by atoms with Crippen LogP contribution in [0.3, 0.4) is 0 Å². The van der Waals surface area contributed by atoms with Gasteiger partial charge in [-0.2, -0.15) is 5.10 Å². The van der Waals surface area contributed by atoms with E-state index in [1.54, 1.807) is 5.01 Å². The second-order valence-electron chi connectivity index (χ2n) is 5.80. The quantitative estimate of drug-likeness (QED) is 0.902. The maximum Gasteiger partial charge on any atom is 0.256 e. The van der Waals surface area contributed by atoms with Crippen LogP contribution in [-0.2, 0) is 4.79 Å². The fourth-order valence-corrected chi connectivity index (χ4v) is 3.04. The van der Waals surface area contributed by atoms with E-state index in [9.17, 15) is 4.79 Å². The minimum atomic E-state index is -0.0279. The van der Waals surface area contributed by atoms with Crippen molar-refractivity contribution in [2.24, 2.45) is 5.10 Å². The van der Waals surface area contributed by atoms with Gasteiger partial charge >= 0.3 is 0 Å². The molecule has 1 amide bonds. The normalized spacial score (nSPS) is 15.2. The van der Waals surface area contributed by atoms with Crippen molar-refractivity contribution in [3.05, 3.63) is 70.7 Å². The van der Waals surface area contributed by atoms with Crippen LogP contribution in [0, 0.1) is 0 Å². The number of amides is 1. The molecule has 5 heteroatoms. The molecule has 1 N–H and O–H groups in total. The van der Waals surface area contributed by atoms with Gasteiger partial charge in [0.15, 0.2) is 0 Å². The Balaban J connectivity index is 1.58. The molecule has 2 aromatic carbocycles. The number of hydrogen-bond acceptors (Lipinski definition) is 3. The molecular weight excluding hydrogens is 322 g/mol. The van der Waals surface area contributed by atoms with Gasteiger partial charge in [-0.25, -0.2) is 5.01 Å². The molecular formula is C19H20ClN3O. The highest BCUT2D eigenvalue weighted by Crippen LogP contribution is 2.22. The zero-order valence-corrected chi connectivity index (χ0v) is 14.3. The molecule has 3 rings (SSSR count). The molecule has 0 radical (unpaired) electrons. The van der Waals surface area contributed by atoms with Gasteiger partial charge < -0.3 is 5.32 Å². The van der Waals surface area contributed by atoms with Crippen molar-refractivity contribution < 1.29 is 4.79 Å². The van der Waals surface area contributed by atoms with Gasteiger partial charge in [0.2, 0.25) is 0 Å². The van der Waals surface area contributed by atoms with Crippen molar-refractivity contribution in [3.63, 3.8) is 0 Å². The van der Waals surface area contributed by atoms with Gasteiger partial charge in [-0.1, -0.05) is 60.1 Å². The standard InChI is InChI=1S/C19H20ClN3O/c1-14(16-9-5-6-10-17(16)20)21-13-19(24)23-12-11-18(22-23)15-7-3-2-4-8-15/h2-10,14,21H,11-13H2,1H3/t14-/m0/s1. The monoisotopic (exact) mass is 341 g/mol. The highest BCUT2D eigenvalue weighted by molar-refractivity contribution is 6.31. The maximum atomic E-state index is 12.4. The third-order valence-electron chi connectivity index (χ3n) is 4.13. The van der Waals surface area contributed by atoms with Gasteiger partial charge in [0.05, 0.1) is 18.8 Å². The van der Waals surface area contributed by atoms with Gasteiger partial charge in [-0.05, 0) is 24.1 Å². The summed E-state index contributed by atoms with van der Waals surface area (Å²) in [7, 11) is 0. The summed E-state index contributed by atoms with van der Waals surface area (Å²) in [6.07, 6.45) is 0.788. The molecule has 2 aromatic rings. The van der Waals surface area contributed by atoms with E-state index in [-0.39, 0.29) is 18.5 Å². The largest absolute Gasteiger partial charge is 0.302 e. The molecule has 0 aromatic heterocycles. The SMILES string of the molecule is C[C@H](NCC(=O)N1CCC(c2ccccc2)=N1)c1ccccc1Cl. The van der Waals surface area contributed by atoms with Crippen LogP contribution in [0.4, 0.5) is 0 Å². The van der Waals surface area contributed by atoms with E-state index in [4.69, 9.17) is 11.6 Å². The Bertz CT molecular complexity index is 745. The lowest BCUT2D eigenvalue weighted by Crippen LogP contribution is -2.35. The second kappa shape index (κ2) is 7.60.